The molecule has 0 bridgehead atoms. The first-order chi connectivity index (χ1) is 13.4. The fraction of sp³-hybridized carbons (Fsp3) is 0.350. The molecule has 2 aromatic rings. The molecule has 2 atom stereocenters. The molecule has 4 rings (SSSR count). The van der Waals surface area contributed by atoms with Crippen LogP contribution in [-0.2, 0) is 13.1 Å². The highest BCUT2D eigenvalue weighted by molar-refractivity contribution is 5.93. The lowest BCUT2D eigenvalue weighted by Crippen LogP contribution is -2.38. The van der Waals surface area contributed by atoms with E-state index in [1.807, 2.05) is 13.0 Å². The molecule has 0 radical (unpaired) electrons. The van der Waals surface area contributed by atoms with E-state index in [4.69, 9.17) is 0 Å². The number of carboxylic acids is 1. The van der Waals surface area contributed by atoms with Gasteiger partial charge in [0.15, 0.2) is 5.69 Å². The van der Waals surface area contributed by atoms with Crippen LogP contribution < -0.4 is 0 Å². The van der Waals surface area contributed by atoms with Crippen LogP contribution in [0.2, 0.25) is 0 Å². The first-order valence-electron chi connectivity index (χ1n) is 9.21. The van der Waals surface area contributed by atoms with Crippen LogP contribution in [0.1, 0.15) is 51.5 Å². The molecule has 1 amide bonds. The molecular formula is C20H21FN4O3. The summed E-state index contributed by atoms with van der Waals surface area (Å²) in [6.45, 7) is 3.00. The van der Waals surface area contributed by atoms with Gasteiger partial charge in [-0.05, 0) is 17.7 Å². The maximum Gasteiger partial charge on any atom is 0.356 e. The highest BCUT2D eigenvalue weighted by Crippen LogP contribution is 2.32. The second-order valence-corrected chi connectivity index (χ2v) is 7.24. The average Bonchev–Trinajstić information content (AvgIpc) is 3.31. The number of nitrogens with zero attached hydrogens (tertiary/aromatic N) is 3. The molecule has 3 heterocycles. The van der Waals surface area contributed by atoms with Crippen molar-refractivity contribution < 1.29 is 19.1 Å². The van der Waals surface area contributed by atoms with Gasteiger partial charge in [0.1, 0.15) is 11.9 Å². The fourth-order valence-corrected chi connectivity index (χ4v) is 3.90. The zero-order chi connectivity index (χ0) is 19.8. The van der Waals surface area contributed by atoms with Crippen molar-refractivity contribution >= 4 is 11.9 Å². The maximum absolute atomic E-state index is 13.3. The summed E-state index contributed by atoms with van der Waals surface area (Å²) in [4.78, 5) is 29.0. The fourth-order valence-electron chi connectivity index (χ4n) is 3.90. The summed E-state index contributed by atoms with van der Waals surface area (Å²) in [5, 5.41) is 13.9. The monoisotopic (exact) mass is 384 g/mol. The number of aromatic nitrogens is 3. The summed E-state index contributed by atoms with van der Waals surface area (Å²) in [6, 6.07) is 3.45. The molecule has 0 saturated heterocycles. The lowest BCUT2D eigenvalue weighted by molar-refractivity contribution is 0.0669. The minimum atomic E-state index is -1.12. The van der Waals surface area contributed by atoms with E-state index in [-0.39, 0.29) is 24.1 Å². The molecule has 1 aliphatic heterocycles. The van der Waals surface area contributed by atoms with Crippen molar-refractivity contribution in [1.82, 2.24) is 19.7 Å². The van der Waals surface area contributed by atoms with Crippen LogP contribution in [0.25, 0.3) is 0 Å². The molecule has 2 N–H and O–H groups in total. The molecule has 0 aromatic carbocycles. The topological polar surface area (TPSA) is 91.2 Å². The largest absolute Gasteiger partial charge is 0.476 e. The summed E-state index contributed by atoms with van der Waals surface area (Å²) in [7, 11) is 0. The number of amides is 1. The first-order valence-corrected chi connectivity index (χ1v) is 9.21. The van der Waals surface area contributed by atoms with Crippen LogP contribution in [-0.4, -0.2) is 49.4 Å². The van der Waals surface area contributed by atoms with Crippen LogP contribution in [0.3, 0.4) is 0 Å². The van der Waals surface area contributed by atoms with E-state index in [0.717, 1.165) is 11.3 Å². The smallest absolute Gasteiger partial charge is 0.356 e. The molecule has 0 fully saturated rings. The van der Waals surface area contributed by atoms with E-state index in [9.17, 15) is 19.1 Å². The number of carbonyl (C=O) groups is 2. The van der Waals surface area contributed by atoms with E-state index in [0.29, 0.717) is 30.8 Å². The van der Waals surface area contributed by atoms with E-state index in [2.05, 4.69) is 10.1 Å². The van der Waals surface area contributed by atoms with Crippen LogP contribution in [0, 0.1) is 0 Å². The normalized spacial score (nSPS) is 21.4. The molecule has 1 unspecified atom stereocenters. The Hall–Kier alpha value is -3.16. The number of nitrogens with one attached hydrogen (secondary N) is 1. The second-order valence-electron chi connectivity index (χ2n) is 7.24. The molecule has 2 aromatic heterocycles. The predicted molar refractivity (Wildman–Crippen MR) is 99.9 cm³/mol. The van der Waals surface area contributed by atoms with E-state index in [1.54, 1.807) is 34.0 Å². The van der Waals surface area contributed by atoms with Crippen molar-refractivity contribution in [2.24, 2.45) is 0 Å². The molecule has 2 aliphatic rings. The van der Waals surface area contributed by atoms with Crippen molar-refractivity contribution in [1.29, 1.82) is 0 Å². The molecule has 146 valence electrons. The third-order valence-electron chi connectivity index (χ3n) is 5.18. The zero-order valence-corrected chi connectivity index (χ0v) is 15.4. The standard InChI is InChI=1S/C20H21FN4O3/c1-12-9-24(19(26)16-3-2-8-22-16)11-15-17(20(27)28)23-25(18(12)15)10-13-4-6-14(21)7-5-13/h2-6,8,12,14,22H,7,9-11H2,1H3,(H,27,28)/t12-,14?/m1/s1. The number of carbonyl (C=O) groups excluding carboxylic acids is 1. The number of fused-ring (bicyclic) bond motifs is 1. The van der Waals surface area contributed by atoms with Gasteiger partial charge in [-0.2, -0.15) is 5.10 Å². The van der Waals surface area contributed by atoms with Gasteiger partial charge in [-0.25, -0.2) is 9.18 Å². The van der Waals surface area contributed by atoms with Gasteiger partial charge in [-0.15, -0.1) is 0 Å². The van der Waals surface area contributed by atoms with E-state index >= 15 is 0 Å². The Morgan fingerprint density at radius 1 is 1.43 bits per heavy atom. The maximum atomic E-state index is 13.3. The number of aromatic amines is 1. The quantitative estimate of drug-likeness (QED) is 0.848. The van der Waals surface area contributed by atoms with Gasteiger partial charge in [0.2, 0.25) is 0 Å². The summed E-state index contributed by atoms with van der Waals surface area (Å²) in [5.41, 5.74) is 2.72. The Morgan fingerprint density at radius 2 is 2.25 bits per heavy atom. The molecular weight excluding hydrogens is 363 g/mol. The Balaban J connectivity index is 1.66. The number of alkyl halides is 1. The summed E-state index contributed by atoms with van der Waals surface area (Å²) >= 11 is 0. The van der Waals surface area contributed by atoms with Gasteiger partial charge in [0.05, 0.1) is 13.1 Å². The van der Waals surface area contributed by atoms with Crippen molar-refractivity contribution in [2.75, 3.05) is 6.54 Å². The summed E-state index contributed by atoms with van der Waals surface area (Å²) in [5.74, 6) is -1.36. The van der Waals surface area contributed by atoms with Crippen LogP contribution >= 0.6 is 0 Å². The number of H-pyrrole nitrogens is 1. The number of carboxylic acid groups (broad SMARTS) is 1. The van der Waals surface area contributed by atoms with Crippen molar-refractivity contribution in [2.45, 2.75) is 38.5 Å². The Labute approximate surface area is 161 Å². The van der Waals surface area contributed by atoms with Gasteiger partial charge >= 0.3 is 5.97 Å². The number of aromatic carboxylic acids is 1. The van der Waals surface area contributed by atoms with Crippen LogP contribution in [0.5, 0.6) is 0 Å². The molecule has 7 nitrogen and oxygen atoms in total. The third-order valence-corrected chi connectivity index (χ3v) is 5.18. The van der Waals surface area contributed by atoms with E-state index < -0.39 is 12.1 Å². The molecule has 28 heavy (non-hydrogen) atoms. The van der Waals surface area contributed by atoms with Crippen LogP contribution in [0.4, 0.5) is 4.39 Å². The van der Waals surface area contributed by atoms with Crippen LogP contribution in [0.15, 0.2) is 42.1 Å². The highest BCUT2D eigenvalue weighted by atomic mass is 19.1. The van der Waals surface area contributed by atoms with E-state index in [1.165, 1.54) is 6.08 Å². The number of halogens is 1. The molecule has 0 saturated carbocycles. The highest BCUT2D eigenvalue weighted by Gasteiger charge is 2.34. The minimum Gasteiger partial charge on any atom is -0.476 e. The zero-order valence-electron chi connectivity index (χ0n) is 15.4. The second kappa shape index (κ2) is 7.10. The molecule has 0 spiro atoms. The van der Waals surface area contributed by atoms with Crippen molar-refractivity contribution in [3.8, 4) is 0 Å². The third kappa shape index (κ3) is 3.26. The van der Waals surface area contributed by atoms with Crippen molar-refractivity contribution in [3.05, 3.63) is 64.8 Å². The molecule has 8 heteroatoms. The SMILES string of the molecule is C[C@@H]1CN(C(=O)c2ccc[nH]2)Cc2c(C(=O)O)nn(CC3=CCC(F)C=C3)c21. The van der Waals surface area contributed by atoms with Crippen molar-refractivity contribution in [3.63, 3.8) is 0 Å². The average molecular weight is 384 g/mol. The number of hydrogen-bond acceptors (Lipinski definition) is 3. The minimum absolute atomic E-state index is 0.0328. The van der Waals surface area contributed by atoms with Gasteiger partial charge in [0, 0.05) is 36.3 Å². The van der Waals surface area contributed by atoms with Gasteiger partial charge in [-0.3, -0.25) is 9.48 Å². The Morgan fingerprint density at radius 3 is 2.89 bits per heavy atom. The van der Waals surface area contributed by atoms with Gasteiger partial charge in [-0.1, -0.05) is 25.2 Å². The number of allylic oxidation sites excluding steroid dienone is 4. The molecule has 1 aliphatic carbocycles. The summed E-state index contributed by atoms with van der Waals surface area (Å²) < 4.78 is 15.0. The predicted octanol–water partition coefficient (Wildman–Crippen LogP) is 2.89. The lowest BCUT2D eigenvalue weighted by atomic mass is 9.95. The summed E-state index contributed by atoms with van der Waals surface area (Å²) in [6.07, 6.45) is 6.06. The van der Waals surface area contributed by atoms with Gasteiger partial charge in [0.25, 0.3) is 5.91 Å². The lowest BCUT2D eigenvalue weighted by Gasteiger charge is -2.31. The Kier molecular flexibility index (Phi) is 4.62. The first kappa shape index (κ1) is 18.2. The number of rotatable bonds is 4. The van der Waals surface area contributed by atoms with Gasteiger partial charge < -0.3 is 15.0 Å². The number of hydrogen-bond donors (Lipinski definition) is 2. The Bertz CT molecular complexity index is 974.